The molecule has 0 spiro atoms. The minimum absolute atomic E-state index is 0.142. The third kappa shape index (κ3) is 5.89. The number of anilines is 2. The van der Waals surface area contributed by atoms with E-state index >= 15 is 0 Å². The molecule has 0 aliphatic rings. The summed E-state index contributed by atoms with van der Waals surface area (Å²) in [5.74, 6) is 1.37. The lowest BCUT2D eigenvalue weighted by Crippen LogP contribution is -2.22. The Labute approximate surface area is 217 Å². The van der Waals surface area contributed by atoms with Gasteiger partial charge in [0.1, 0.15) is 5.75 Å². The molecule has 0 bridgehead atoms. The number of thiazole rings is 1. The lowest BCUT2D eigenvalue weighted by atomic mass is 10.2. The maximum atomic E-state index is 12.7. The molecular formula is C26H25N3O5S2. The van der Waals surface area contributed by atoms with Gasteiger partial charge >= 0.3 is 0 Å². The van der Waals surface area contributed by atoms with Crippen molar-refractivity contribution >= 4 is 55.9 Å². The first kappa shape index (κ1) is 25.3. The fraction of sp³-hybridized carbons (Fsp3) is 0.192. The van der Waals surface area contributed by atoms with E-state index in [2.05, 4.69) is 15.6 Å². The van der Waals surface area contributed by atoms with Crippen molar-refractivity contribution in [3.63, 3.8) is 0 Å². The first-order valence-electron chi connectivity index (χ1n) is 11.0. The van der Waals surface area contributed by atoms with Crippen LogP contribution in [0.15, 0.2) is 65.6 Å². The fourth-order valence-corrected chi connectivity index (χ4v) is 5.11. The Morgan fingerprint density at radius 3 is 2.33 bits per heavy atom. The number of nitrogens with one attached hydrogen (secondary N) is 2. The van der Waals surface area contributed by atoms with E-state index in [4.69, 9.17) is 14.2 Å². The summed E-state index contributed by atoms with van der Waals surface area (Å²) >= 11 is 2.82. The van der Waals surface area contributed by atoms with Gasteiger partial charge < -0.3 is 24.8 Å². The molecule has 0 fully saturated rings. The van der Waals surface area contributed by atoms with Crippen LogP contribution < -0.4 is 24.8 Å². The van der Waals surface area contributed by atoms with Crippen molar-refractivity contribution in [1.82, 2.24) is 4.98 Å². The van der Waals surface area contributed by atoms with E-state index in [0.717, 1.165) is 20.9 Å². The molecule has 0 saturated carbocycles. The van der Waals surface area contributed by atoms with Gasteiger partial charge in [-0.2, -0.15) is 0 Å². The first-order valence-corrected chi connectivity index (χ1v) is 12.7. The van der Waals surface area contributed by atoms with Crippen molar-refractivity contribution in [3.05, 3.63) is 66.2 Å². The molecule has 2 N–H and O–H groups in total. The number of nitrogens with zero attached hydrogens (tertiary/aromatic N) is 1. The largest absolute Gasteiger partial charge is 0.497 e. The van der Waals surface area contributed by atoms with E-state index in [9.17, 15) is 9.59 Å². The van der Waals surface area contributed by atoms with Crippen LogP contribution in [0.25, 0.3) is 10.2 Å². The van der Waals surface area contributed by atoms with Crippen molar-refractivity contribution in [2.75, 3.05) is 32.0 Å². The van der Waals surface area contributed by atoms with Gasteiger partial charge in [-0.1, -0.05) is 11.3 Å². The predicted octanol–water partition coefficient (Wildman–Crippen LogP) is 5.69. The zero-order valence-corrected chi connectivity index (χ0v) is 21.8. The second-order valence-corrected chi connectivity index (χ2v) is 10.1. The van der Waals surface area contributed by atoms with Gasteiger partial charge in [0.05, 0.1) is 36.8 Å². The molecule has 36 heavy (non-hydrogen) atoms. The van der Waals surface area contributed by atoms with Gasteiger partial charge in [-0.25, -0.2) is 4.98 Å². The van der Waals surface area contributed by atoms with Crippen LogP contribution >= 0.6 is 23.1 Å². The topological polar surface area (TPSA) is 98.8 Å². The molecule has 0 saturated heterocycles. The summed E-state index contributed by atoms with van der Waals surface area (Å²) in [7, 11) is 4.68. The van der Waals surface area contributed by atoms with E-state index in [1.807, 2.05) is 37.3 Å². The van der Waals surface area contributed by atoms with Crippen molar-refractivity contribution in [3.8, 4) is 17.2 Å². The number of aromatic nitrogens is 1. The summed E-state index contributed by atoms with van der Waals surface area (Å²) in [4.78, 5) is 30.7. The normalized spacial score (nSPS) is 11.6. The van der Waals surface area contributed by atoms with Crippen LogP contribution in [-0.2, 0) is 4.79 Å². The van der Waals surface area contributed by atoms with Crippen molar-refractivity contribution in [2.24, 2.45) is 0 Å². The number of thioether (sulfide) groups is 1. The number of amides is 2. The Morgan fingerprint density at radius 2 is 1.64 bits per heavy atom. The molecule has 1 aromatic heterocycles. The summed E-state index contributed by atoms with van der Waals surface area (Å²) in [5, 5.41) is 5.95. The van der Waals surface area contributed by atoms with E-state index in [0.29, 0.717) is 27.9 Å². The molecule has 8 nitrogen and oxygen atoms in total. The Morgan fingerprint density at radius 1 is 0.889 bits per heavy atom. The zero-order valence-electron chi connectivity index (χ0n) is 20.2. The lowest BCUT2D eigenvalue weighted by molar-refractivity contribution is -0.115. The first-order chi connectivity index (χ1) is 17.4. The molecule has 1 heterocycles. The van der Waals surface area contributed by atoms with Gasteiger partial charge in [0, 0.05) is 16.1 Å². The number of carbonyl (C=O) groups excluding carboxylic acids is 2. The summed E-state index contributed by atoms with van der Waals surface area (Å²) in [6.07, 6.45) is 0. The molecule has 1 atom stereocenters. The molecule has 0 aliphatic carbocycles. The molecule has 0 aliphatic heterocycles. The van der Waals surface area contributed by atoms with Crippen LogP contribution in [0.4, 0.5) is 10.8 Å². The zero-order chi connectivity index (χ0) is 25.7. The quantitative estimate of drug-likeness (QED) is 0.272. The Hall–Kier alpha value is -3.76. The average molecular weight is 524 g/mol. The highest BCUT2D eigenvalue weighted by Gasteiger charge is 2.17. The SMILES string of the molecule is COc1ccc2nc(NC(=O)C(C)Sc3ccc(NC(=O)c4ccc(OC)c(OC)c4)cc3)sc2c1. The van der Waals surface area contributed by atoms with Gasteiger partial charge in [-0.05, 0) is 67.6 Å². The molecule has 0 radical (unpaired) electrons. The minimum atomic E-state index is -0.348. The third-order valence-electron chi connectivity index (χ3n) is 5.27. The lowest BCUT2D eigenvalue weighted by Gasteiger charge is -2.12. The van der Waals surface area contributed by atoms with E-state index in [-0.39, 0.29) is 17.1 Å². The summed E-state index contributed by atoms with van der Waals surface area (Å²) in [6.45, 7) is 1.84. The third-order valence-corrected chi connectivity index (χ3v) is 7.31. The number of carbonyl (C=O) groups is 2. The average Bonchev–Trinajstić information content (AvgIpc) is 3.30. The van der Waals surface area contributed by atoms with Crippen LogP contribution in [0, 0.1) is 0 Å². The second kappa shape index (κ2) is 11.3. The maximum Gasteiger partial charge on any atom is 0.255 e. The fourth-order valence-electron chi connectivity index (χ4n) is 3.35. The highest BCUT2D eigenvalue weighted by Crippen LogP contribution is 2.31. The number of methoxy groups -OCH3 is 3. The minimum Gasteiger partial charge on any atom is -0.497 e. The van der Waals surface area contributed by atoms with Gasteiger partial charge in [0.15, 0.2) is 16.6 Å². The van der Waals surface area contributed by atoms with Crippen LogP contribution in [0.5, 0.6) is 17.2 Å². The number of benzene rings is 3. The maximum absolute atomic E-state index is 12.7. The standard InChI is InChI=1S/C26H25N3O5S2/c1-15(24(30)29-26-28-20-11-8-18(32-2)14-23(20)36-26)35-19-9-6-17(7-10-19)27-25(31)16-5-12-21(33-3)22(13-16)34-4/h5-15H,1-4H3,(H,27,31)(H,28,29,30). The molecule has 2 amide bonds. The highest BCUT2D eigenvalue weighted by atomic mass is 32.2. The van der Waals surface area contributed by atoms with Gasteiger partial charge in [0.2, 0.25) is 5.91 Å². The monoisotopic (exact) mass is 523 g/mol. The van der Waals surface area contributed by atoms with Gasteiger partial charge in [0.25, 0.3) is 5.91 Å². The van der Waals surface area contributed by atoms with E-state index in [1.165, 1.54) is 30.2 Å². The number of hydrogen-bond acceptors (Lipinski definition) is 8. The Balaban J connectivity index is 1.34. The van der Waals surface area contributed by atoms with Gasteiger partial charge in [-0.3, -0.25) is 9.59 Å². The molecule has 3 aromatic carbocycles. The van der Waals surface area contributed by atoms with Crippen LogP contribution in [0.3, 0.4) is 0 Å². The molecule has 1 unspecified atom stereocenters. The Bertz CT molecular complexity index is 1390. The molecule has 186 valence electrons. The number of hydrogen-bond donors (Lipinski definition) is 2. The second-order valence-electron chi connectivity index (χ2n) is 7.65. The van der Waals surface area contributed by atoms with Crippen LogP contribution in [0.2, 0.25) is 0 Å². The number of fused-ring (bicyclic) bond motifs is 1. The van der Waals surface area contributed by atoms with E-state index < -0.39 is 0 Å². The predicted molar refractivity (Wildman–Crippen MR) is 144 cm³/mol. The van der Waals surface area contributed by atoms with Crippen molar-refractivity contribution in [1.29, 1.82) is 0 Å². The number of ether oxygens (including phenoxy) is 3. The molecule has 10 heteroatoms. The summed E-state index contributed by atoms with van der Waals surface area (Å²) < 4.78 is 16.7. The van der Waals surface area contributed by atoms with Gasteiger partial charge in [-0.15, -0.1) is 11.8 Å². The molecule has 4 rings (SSSR count). The summed E-state index contributed by atoms with van der Waals surface area (Å²) in [5.41, 5.74) is 1.90. The molecular weight excluding hydrogens is 498 g/mol. The van der Waals surface area contributed by atoms with Crippen LogP contribution in [-0.4, -0.2) is 43.4 Å². The Kier molecular flexibility index (Phi) is 7.97. The summed E-state index contributed by atoms with van der Waals surface area (Å²) in [6, 6.07) is 17.9. The molecule has 4 aromatic rings. The van der Waals surface area contributed by atoms with Crippen LogP contribution in [0.1, 0.15) is 17.3 Å². The highest BCUT2D eigenvalue weighted by molar-refractivity contribution is 8.00. The van der Waals surface area contributed by atoms with E-state index in [1.54, 1.807) is 44.6 Å². The number of rotatable bonds is 9. The van der Waals surface area contributed by atoms with Crippen molar-refractivity contribution < 1.29 is 23.8 Å². The smallest absolute Gasteiger partial charge is 0.255 e. The van der Waals surface area contributed by atoms with Crippen molar-refractivity contribution in [2.45, 2.75) is 17.1 Å².